The lowest BCUT2D eigenvalue weighted by molar-refractivity contribution is 0.0698. The summed E-state index contributed by atoms with van der Waals surface area (Å²) in [4.78, 5) is 33.7. The number of benzene rings is 1. The first-order chi connectivity index (χ1) is 15.8. The molecule has 8 nitrogen and oxygen atoms in total. The summed E-state index contributed by atoms with van der Waals surface area (Å²) in [5.41, 5.74) is 4.37. The van der Waals surface area contributed by atoms with Crippen LogP contribution in [0.4, 0.5) is 5.69 Å². The second-order valence-corrected chi connectivity index (χ2v) is 7.82. The number of fused-ring (bicyclic) bond motifs is 1. The van der Waals surface area contributed by atoms with Gasteiger partial charge in [-0.15, -0.1) is 0 Å². The second kappa shape index (κ2) is 8.55. The zero-order valence-electron chi connectivity index (χ0n) is 18.3. The molecule has 4 aromatic rings. The number of nitrogens with zero attached hydrogens (tertiary/aromatic N) is 4. The molecule has 0 aliphatic heterocycles. The van der Waals surface area contributed by atoms with Crippen LogP contribution >= 0.6 is 0 Å². The maximum atomic E-state index is 13.2. The van der Waals surface area contributed by atoms with Crippen LogP contribution in [-0.4, -0.2) is 25.4 Å². The van der Waals surface area contributed by atoms with Crippen LogP contribution in [0, 0.1) is 25.2 Å². The zero-order chi connectivity index (χ0) is 23.7. The highest BCUT2D eigenvalue weighted by Gasteiger charge is 2.19. The van der Waals surface area contributed by atoms with E-state index in [9.17, 15) is 14.7 Å². The molecule has 0 saturated heterocycles. The maximum Gasteiger partial charge on any atom is 0.337 e. The zero-order valence-corrected chi connectivity index (χ0v) is 18.3. The van der Waals surface area contributed by atoms with Crippen LogP contribution in [0.1, 0.15) is 45.7 Å². The standard InChI is InChI=1S/C25H21N5O3/c1-14-10-20(16(3)28-21-7-5-4-6-19(21)25(32)33)23-29-22(15(2)24(31)30(23)13-14)17-8-9-18(11-26)27-12-17/h4-10,12-13,16,28H,1-3H3,(H,32,33). The van der Waals surface area contributed by atoms with Crippen LogP contribution in [0.15, 0.2) is 59.7 Å². The summed E-state index contributed by atoms with van der Waals surface area (Å²) in [6.45, 7) is 5.49. The Morgan fingerprint density at radius 1 is 1.21 bits per heavy atom. The van der Waals surface area contributed by atoms with Gasteiger partial charge in [-0.3, -0.25) is 9.20 Å². The van der Waals surface area contributed by atoms with Gasteiger partial charge in [0.15, 0.2) is 0 Å². The first-order valence-corrected chi connectivity index (χ1v) is 10.3. The SMILES string of the molecule is Cc1cc(C(C)Nc2ccccc2C(=O)O)c2nc(-c3ccc(C#N)nc3)c(C)c(=O)n2c1. The molecule has 0 fully saturated rings. The fraction of sp³-hybridized carbons (Fsp3) is 0.160. The Hall–Kier alpha value is -4.51. The van der Waals surface area contributed by atoms with E-state index in [0.717, 1.165) is 11.1 Å². The molecule has 3 aromatic heterocycles. The third-order valence-electron chi connectivity index (χ3n) is 5.46. The number of hydrogen-bond acceptors (Lipinski definition) is 6. The lowest BCUT2D eigenvalue weighted by Crippen LogP contribution is -2.22. The summed E-state index contributed by atoms with van der Waals surface area (Å²) < 4.78 is 1.52. The number of anilines is 1. The first kappa shape index (κ1) is 21.7. The Morgan fingerprint density at radius 2 is 1.97 bits per heavy atom. The van der Waals surface area contributed by atoms with Crippen molar-refractivity contribution < 1.29 is 9.90 Å². The summed E-state index contributed by atoms with van der Waals surface area (Å²) in [6.07, 6.45) is 3.27. The largest absolute Gasteiger partial charge is 0.478 e. The van der Waals surface area contributed by atoms with Crippen LogP contribution in [0.2, 0.25) is 0 Å². The molecule has 0 aliphatic carbocycles. The molecule has 1 atom stereocenters. The van der Waals surface area contributed by atoms with E-state index < -0.39 is 5.97 Å². The second-order valence-electron chi connectivity index (χ2n) is 7.82. The monoisotopic (exact) mass is 439 g/mol. The number of nitrogens with one attached hydrogen (secondary N) is 1. The quantitative estimate of drug-likeness (QED) is 0.480. The van der Waals surface area contributed by atoms with Crippen LogP contribution in [0.25, 0.3) is 16.9 Å². The van der Waals surface area contributed by atoms with Crippen molar-refractivity contribution in [2.75, 3.05) is 5.32 Å². The number of aromatic nitrogens is 3. The molecule has 8 heteroatoms. The Balaban J connectivity index is 1.88. The molecule has 1 unspecified atom stereocenters. The van der Waals surface area contributed by atoms with Crippen molar-refractivity contribution in [3.63, 3.8) is 0 Å². The number of hydrogen-bond donors (Lipinski definition) is 2. The summed E-state index contributed by atoms with van der Waals surface area (Å²) in [7, 11) is 0. The van der Waals surface area contributed by atoms with Crippen LogP contribution < -0.4 is 10.9 Å². The molecule has 1 aromatic carbocycles. The van der Waals surface area contributed by atoms with Crippen molar-refractivity contribution in [2.24, 2.45) is 0 Å². The molecule has 0 saturated carbocycles. The van der Waals surface area contributed by atoms with Crippen molar-refractivity contribution in [2.45, 2.75) is 26.8 Å². The van der Waals surface area contributed by atoms with E-state index in [1.54, 1.807) is 43.5 Å². The van der Waals surface area contributed by atoms with E-state index in [0.29, 0.717) is 28.2 Å². The molecule has 0 spiro atoms. The maximum absolute atomic E-state index is 13.2. The van der Waals surface area contributed by atoms with Gasteiger partial charge >= 0.3 is 5.97 Å². The van der Waals surface area contributed by atoms with Gasteiger partial charge in [-0.25, -0.2) is 14.8 Å². The average molecular weight is 439 g/mol. The fourth-order valence-electron chi connectivity index (χ4n) is 3.80. The Morgan fingerprint density at radius 3 is 2.64 bits per heavy atom. The normalized spacial score (nSPS) is 11.7. The minimum Gasteiger partial charge on any atom is -0.478 e. The minimum absolute atomic E-state index is 0.159. The third kappa shape index (κ3) is 4.04. The van der Waals surface area contributed by atoms with Gasteiger partial charge in [0.2, 0.25) is 0 Å². The summed E-state index contributed by atoms with van der Waals surface area (Å²) in [5, 5.41) is 21.8. The summed E-state index contributed by atoms with van der Waals surface area (Å²) in [6, 6.07) is 13.5. The molecule has 164 valence electrons. The van der Waals surface area contributed by atoms with Gasteiger partial charge in [0.1, 0.15) is 17.4 Å². The highest BCUT2D eigenvalue weighted by Crippen LogP contribution is 2.27. The molecule has 3 heterocycles. The fourth-order valence-corrected chi connectivity index (χ4v) is 3.80. The number of pyridine rings is 2. The molecule has 33 heavy (non-hydrogen) atoms. The molecule has 0 radical (unpaired) electrons. The van der Waals surface area contributed by atoms with Crippen LogP contribution in [-0.2, 0) is 0 Å². The van der Waals surface area contributed by atoms with E-state index in [1.807, 2.05) is 26.0 Å². The number of nitriles is 1. The van der Waals surface area contributed by atoms with Crippen molar-refractivity contribution in [1.29, 1.82) is 5.26 Å². The Kier molecular flexibility index (Phi) is 5.63. The van der Waals surface area contributed by atoms with Gasteiger partial charge in [-0.2, -0.15) is 5.26 Å². The smallest absolute Gasteiger partial charge is 0.337 e. The Labute approximate surface area is 189 Å². The van der Waals surface area contributed by atoms with Gasteiger partial charge in [0.05, 0.1) is 17.3 Å². The molecular weight excluding hydrogens is 418 g/mol. The number of carboxylic acid groups (broad SMARTS) is 1. The van der Waals surface area contributed by atoms with Crippen molar-refractivity contribution in [3.8, 4) is 17.3 Å². The van der Waals surface area contributed by atoms with E-state index in [4.69, 9.17) is 10.2 Å². The lowest BCUT2D eigenvalue weighted by atomic mass is 10.0. The van der Waals surface area contributed by atoms with Gasteiger partial charge in [0.25, 0.3) is 5.56 Å². The number of carbonyl (C=O) groups is 1. The number of aromatic carboxylic acids is 1. The third-order valence-corrected chi connectivity index (χ3v) is 5.46. The van der Waals surface area contributed by atoms with Gasteiger partial charge in [-0.1, -0.05) is 12.1 Å². The predicted molar refractivity (Wildman–Crippen MR) is 124 cm³/mol. The number of para-hydroxylation sites is 1. The highest BCUT2D eigenvalue weighted by molar-refractivity contribution is 5.94. The topological polar surface area (TPSA) is 120 Å². The number of rotatable bonds is 5. The summed E-state index contributed by atoms with van der Waals surface area (Å²) >= 11 is 0. The average Bonchev–Trinajstić information content (AvgIpc) is 2.81. The minimum atomic E-state index is -1.03. The molecule has 2 N–H and O–H groups in total. The highest BCUT2D eigenvalue weighted by atomic mass is 16.4. The van der Waals surface area contributed by atoms with Crippen LogP contribution in [0.5, 0.6) is 0 Å². The van der Waals surface area contributed by atoms with E-state index in [1.165, 1.54) is 16.7 Å². The van der Waals surface area contributed by atoms with E-state index in [-0.39, 0.29) is 22.9 Å². The molecule has 0 bridgehead atoms. The van der Waals surface area contributed by atoms with E-state index in [2.05, 4.69) is 10.3 Å². The molecule has 0 aliphatic rings. The molecule has 0 amide bonds. The van der Waals surface area contributed by atoms with Gasteiger partial charge in [0, 0.05) is 34.8 Å². The van der Waals surface area contributed by atoms with Crippen molar-refractivity contribution in [3.05, 3.63) is 93.2 Å². The summed E-state index contributed by atoms with van der Waals surface area (Å²) in [5.74, 6) is -1.03. The lowest BCUT2D eigenvalue weighted by Gasteiger charge is -2.20. The van der Waals surface area contributed by atoms with E-state index >= 15 is 0 Å². The number of aryl methyl sites for hydroxylation is 1. The van der Waals surface area contributed by atoms with Gasteiger partial charge in [-0.05, 0) is 56.7 Å². The first-order valence-electron chi connectivity index (χ1n) is 10.3. The predicted octanol–water partition coefficient (Wildman–Crippen LogP) is 4.12. The van der Waals surface area contributed by atoms with Crippen LogP contribution in [0.3, 0.4) is 0 Å². The Bertz CT molecular complexity index is 1480. The molecule has 4 rings (SSSR count). The number of carboxylic acids is 1. The van der Waals surface area contributed by atoms with Crippen molar-refractivity contribution in [1.82, 2.24) is 14.4 Å². The molecular formula is C25H21N5O3. The van der Waals surface area contributed by atoms with Gasteiger partial charge < -0.3 is 10.4 Å². The van der Waals surface area contributed by atoms with Crippen molar-refractivity contribution >= 4 is 17.3 Å².